The van der Waals surface area contributed by atoms with Crippen LogP contribution >= 0.6 is 34.8 Å². The molecule has 3 saturated heterocycles. The summed E-state index contributed by atoms with van der Waals surface area (Å²) in [6.45, 7) is 0.448. The van der Waals surface area contributed by atoms with Crippen molar-refractivity contribution in [3.63, 3.8) is 0 Å². The minimum Gasteiger partial charge on any atom is -0.346 e. The van der Waals surface area contributed by atoms with Crippen LogP contribution in [-0.4, -0.2) is 37.6 Å². The fourth-order valence-electron chi connectivity index (χ4n) is 4.62. The second-order valence-corrected chi connectivity index (χ2v) is 10.2. The topological polar surface area (TPSA) is 55.4 Å². The van der Waals surface area contributed by atoms with E-state index in [-0.39, 0.29) is 13.2 Å². The summed E-state index contributed by atoms with van der Waals surface area (Å²) in [4.78, 5) is 0. The molecule has 0 N–H and O–H groups in total. The van der Waals surface area contributed by atoms with Crippen molar-refractivity contribution in [2.45, 2.75) is 43.3 Å². The molecule has 0 aromatic heterocycles. The lowest BCUT2D eigenvalue weighted by molar-refractivity contribution is -0.262. The van der Waals surface area contributed by atoms with E-state index >= 15 is 0 Å². The fourth-order valence-corrected chi connectivity index (χ4v) is 5.00. The molecule has 36 heavy (non-hydrogen) atoms. The van der Waals surface area contributed by atoms with Gasteiger partial charge in [0.1, 0.15) is 24.4 Å². The first-order valence-corrected chi connectivity index (χ1v) is 12.8. The van der Waals surface area contributed by atoms with E-state index in [0.29, 0.717) is 15.1 Å². The van der Waals surface area contributed by atoms with Gasteiger partial charge in [-0.3, -0.25) is 0 Å². The highest BCUT2D eigenvalue weighted by atomic mass is 35.5. The van der Waals surface area contributed by atoms with Crippen LogP contribution in [0.2, 0.25) is 15.1 Å². The molecule has 6 rings (SSSR count). The van der Waals surface area contributed by atoms with Crippen molar-refractivity contribution in [3.05, 3.63) is 105 Å². The van der Waals surface area contributed by atoms with E-state index < -0.39 is 43.3 Å². The lowest BCUT2D eigenvalue weighted by Gasteiger charge is -2.29. The van der Waals surface area contributed by atoms with Crippen molar-refractivity contribution in [1.82, 2.24) is 0 Å². The van der Waals surface area contributed by atoms with E-state index in [2.05, 4.69) is 0 Å². The van der Waals surface area contributed by atoms with Crippen molar-refractivity contribution in [3.8, 4) is 0 Å². The highest BCUT2D eigenvalue weighted by molar-refractivity contribution is 6.31. The lowest BCUT2D eigenvalue weighted by Crippen LogP contribution is -2.45. The van der Waals surface area contributed by atoms with Crippen molar-refractivity contribution in [2.24, 2.45) is 0 Å². The second-order valence-electron chi connectivity index (χ2n) is 8.87. The molecule has 4 bridgehead atoms. The zero-order chi connectivity index (χ0) is 24.6. The van der Waals surface area contributed by atoms with E-state index in [4.69, 9.17) is 63.2 Å². The summed E-state index contributed by atoms with van der Waals surface area (Å²) < 4.78 is 38.4. The number of ether oxygens (including phenoxy) is 6. The molecule has 7 atom stereocenters. The minimum absolute atomic E-state index is 0.224. The number of benzene rings is 3. The SMILES string of the molecule is Clc1ccc(C2OC[C@H]3OC(c4ccc(Cl)cc4)O[C@H]4COC(c5ccc(Cl)cc5)O[C@H]3[C@@H]4O2)cc1. The largest absolute Gasteiger partial charge is 0.346 e. The molecular weight excluding hydrogens is 527 g/mol. The Morgan fingerprint density at radius 1 is 0.444 bits per heavy atom. The van der Waals surface area contributed by atoms with Crippen LogP contribution in [0.4, 0.5) is 0 Å². The monoisotopic (exact) mass is 548 g/mol. The van der Waals surface area contributed by atoms with Crippen LogP contribution in [-0.2, 0) is 28.4 Å². The molecule has 0 radical (unpaired) electrons. The van der Waals surface area contributed by atoms with E-state index in [1.165, 1.54) is 0 Å². The van der Waals surface area contributed by atoms with Crippen LogP contribution in [0.15, 0.2) is 72.8 Å². The maximum absolute atomic E-state index is 6.52. The predicted molar refractivity (Wildman–Crippen MR) is 134 cm³/mol. The molecule has 3 fully saturated rings. The molecule has 188 valence electrons. The van der Waals surface area contributed by atoms with Crippen molar-refractivity contribution < 1.29 is 28.4 Å². The Labute approximate surface area is 223 Å². The van der Waals surface area contributed by atoms with Gasteiger partial charge in [-0.05, 0) is 36.4 Å². The molecule has 3 aliphatic heterocycles. The molecule has 0 aliphatic carbocycles. The number of halogens is 3. The van der Waals surface area contributed by atoms with Gasteiger partial charge in [0.2, 0.25) is 0 Å². The van der Waals surface area contributed by atoms with Crippen LogP contribution in [0.5, 0.6) is 0 Å². The highest BCUT2D eigenvalue weighted by Crippen LogP contribution is 2.42. The fraction of sp³-hybridized carbons (Fsp3) is 0.333. The van der Waals surface area contributed by atoms with Gasteiger partial charge in [0.25, 0.3) is 0 Å². The van der Waals surface area contributed by atoms with Crippen molar-refractivity contribution >= 4 is 34.8 Å². The maximum Gasteiger partial charge on any atom is 0.184 e. The first kappa shape index (κ1) is 24.6. The summed E-state index contributed by atoms with van der Waals surface area (Å²) in [6.07, 6.45) is -3.97. The molecule has 3 aliphatic rings. The molecule has 9 heteroatoms. The molecule has 0 spiro atoms. The Bertz CT molecular complexity index is 1100. The number of hydrogen-bond donors (Lipinski definition) is 0. The molecule has 3 aromatic carbocycles. The lowest BCUT2D eigenvalue weighted by atomic mass is 10.0. The summed E-state index contributed by atoms with van der Waals surface area (Å²) >= 11 is 18.3. The van der Waals surface area contributed by atoms with Crippen LogP contribution in [0, 0.1) is 0 Å². The van der Waals surface area contributed by atoms with Crippen LogP contribution in [0.1, 0.15) is 35.6 Å². The number of rotatable bonds is 3. The first-order chi connectivity index (χ1) is 17.5. The first-order valence-electron chi connectivity index (χ1n) is 11.6. The van der Waals surface area contributed by atoms with Crippen LogP contribution < -0.4 is 0 Å². The minimum atomic E-state index is -0.664. The predicted octanol–water partition coefficient (Wildman–Crippen LogP) is 6.66. The van der Waals surface area contributed by atoms with Crippen LogP contribution in [0.25, 0.3) is 0 Å². The van der Waals surface area contributed by atoms with Crippen molar-refractivity contribution in [2.75, 3.05) is 13.2 Å². The Kier molecular flexibility index (Phi) is 7.23. The van der Waals surface area contributed by atoms with Gasteiger partial charge in [-0.15, -0.1) is 0 Å². The summed E-state index contributed by atoms with van der Waals surface area (Å²) in [5.74, 6) is 0. The molecule has 3 aromatic rings. The molecule has 0 amide bonds. The third kappa shape index (κ3) is 5.16. The highest BCUT2D eigenvalue weighted by Gasteiger charge is 2.50. The van der Waals surface area contributed by atoms with Gasteiger partial charge in [0.15, 0.2) is 18.9 Å². The van der Waals surface area contributed by atoms with Gasteiger partial charge in [0.05, 0.1) is 13.2 Å². The zero-order valence-corrected chi connectivity index (χ0v) is 21.2. The van der Waals surface area contributed by atoms with Gasteiger partial charge in [0, 0.05) is 31.8 Å². The van der Waals surface area contributed by atoms with Gasteiger partial charge in [-0.1, -0.05) is 71.2 Å². The standard InChI is InChI=1S/C27H23Cl3O6/c28-18-7-1-15(2-8-18)25-31-13-21-24-23(35-25)22(34-27(33-21)17-5-11-20(30)12-6-17)14-32-26(36-24)16-3-9-19(29)10-4-16/h1-12,21-27H,13-14H2/t21-,22+,23-,24-,25?,26?,27?/m1/s1. The van der Waals surface area contributed by atoms with E-state index in [9.17, 15) is 0 Å². The van der Waals surface area contributed by atoms with E-state index in [0.717, 1.165) is 16.7 Å². The molecule has 3 heterocycles. The summed E-state index contributed by atoms with van der Waals surface area (Å²) in [7, 11) is 0. The average Bonchev–Trinajstić information content (AvgIpc) is 3.24. The van der Waals surface area contributed by atoms with Crippen LogP contribution in [0.3, 0.4) is 0 Å². The Morgan fingerprint density at radius 3 is 1.14 bits per heavy atom. The summed E-state index contributed by atoms with van der Waals surface area (Å²) in [5, 5.41) is 1.90. The molecular formula is C27H23Cl3O6. The van der Waals surface area contributed by atoms with Crippen molar-refractivity contribution in [1.29, 1.82) is 0 Å². The Hall–Kier alpha value is -1.71. The summed E-state index contributed by atoms with van der Waals surface area (Å²) in [5.41, 5.74) is 2.51. The zero-order valence-electron chi connectivity index (χ0n) is 19.0. The normalized spacial score (nSPS) is 32.2. The van der Waals surface area contributed by atoms with E-state index in [1.54, 1.807) is 36.4 Å². The third-order valence-electron chi connectivity index (χ3n) is 6.47. The second kappa shape index (κ2) is 10.6. The molecule has 3 unspecified atom stereocenters. The Balaban J connectivity index is 1.33. The molecule has 6 nitrogen and oxygen atoms in total. The third-order valence-corrected chi connectivity index (χ3v) is 7.22. The Morgan fingerprint density at radius 2 is 0.778 bits per heavy atom. The smallest absolute Gasteiger partial charge is 0.184 e. The summed E-state index contributed by atoms with van der Waals surface area (Å²) in [6, 6.07) is 22.1. The van der Waals surface area contributed by atoms with Gasteiger partial charge < -0.3 is 28.4 Å². The van der Waals surface area contributed by atoms with Gasteiger partial charge in [-0.2, -0.15) is 0 Å². The average molecular weight is 550 g/mol. The quantitative estimate of drug-likeness (QED) is 0.364. The van der Waals surface area contributed by atoms with Gasteiger partial charge in [-0.25, -0.2) is 0 Å². The maximum atomic E-state index is 6.52. The van der Waals surface area contributed by atoms with E-state index in [1.807, 2.05) is 36.4 Å². The van der Waals surface area contributed by atoms with Gasteiger partial charge >= 0.3 is 0 Å². The number of hydrogen-bond acceptors (Lipinski definition) is 6. The molecule has 0 saturated carbocycles.